The Kier molecular flexibility index (Phi) is 4.15. The van der Waals surface area contributed by atoms with Crippen LogP contribution in [0.15, 0.2) is 11.6 Å². The maximum absolute atomic E-state index is 11.9. The molecule has 4 rings (SSSR count). The summed E-state index contributed by atoms with van der Waals surface area (Å²) in [6, 6.07) is 0. The van der Waals surface area contributed by atoms with Gasteiger partial charge in [-0.25, -0.2) is 0 Å². The average molecular weight is 360 g/mol. The van der Waals surface area contributed by atoms with Crippen LogP contribution in [0.25, 0.3) is 0 Å². The minimum atomic E-state index is -0.833. The van der Waals surface area contributed by atoms with Crippen LogP contribution in [0.4, 0.5) is 0 Å². The first-order chi connectivity index (χ1) is 12.2. The van der Waals surface area contributed by atoms with Crippen LogP contribution >= 0.6 is 0 Å². The summed E-state index contributed by atoms with van der Waals surface area (Å²) in [5.74, 6) is 1.17. The number of allylic oxidation sites excluding steroid dienone is 1. The van der Waals surface area contributed by atoms with Crippen LogP contribution in [0.1, 0.15) is 78.1 Å². The number of rotatable bonds is 3. The van der Waals surface area contributed by atoms with E-state index in [2.05, 4.69) is 13.8 Å². The minimum Gasteiger partial charge on any atom is -0.481 e. The fourth-order valence-corrected chi connectivity index (χ4v) is 7.39. The van der Waals surface area contributed by atoms with Gasteiger partial charge in [0.2, 0.25) is 0 Å². The molecular weight excluding hydrogens is 328 g/mol. The summed E-state index contributed by atoms with van der Waals surface area (Å²) in [6.07, 6.45) is 9.98. The van der Waals surface area contributed by atoms with Gasteiger partial charge in [-0.15, -0.1) is 0 Å². The molecule has 0 aromatic heterocycles. The fourth-order valence-electron chi connectivity index (χ4n) is 7.39. The summed E-state index contributed by atoms with van der Waals surface area (Å²) < 4.78 is 0. The highest BCUT2D eigenvalue weighted by Gasteiger charge is 2.63. The van der Waals surface area contributed by atoms with Gasteiger partial charge >= 0.3 is 5.97 Å². The Morgan fingerprint density at radius 3 is 2.58 bits per heavy atom. The summed E-state index contributed by atoms with van der Waals surface area (Å²) in [5.41, 5.74) is 0.532. The van der Waals surface area contributed by atoms with E-state index in [0.717, 1.165) is 44.9 Å². The number of aliphatic carboxylic acids is 1. The van der Waals surface area contributed by atoms with Gasteiger partial charge in [0.15, 0.2) is 5.78 Å². The molecule has 4 heteroatoms. The Labute approximate surface area is 156 Å². The summed E-state index contributed by atoms with van der Waals surface area (Å²) in [6.45, 7) is 4.59. The molecule has 6 atom stereocenters. The van der Waals surface area contributed by atoms with Gasteiger partial charge in [-0.2, -0.15) is 0 Å². The van der Waals surface area contributed by atoms with Gasteiger partial charge in [0, 0.05) is 12.8 Å². The molecule has 0 bridgehead atoms. The van der Waals surface area contributed by atoms with Crippen molar-refractivity contribution in [3.05, 3.63) is 11.6 Å². The zero-order valence-electron chi connectivity index (χ0n) is 16.1. The van der Waals surface area contributed by atoms with Crippen LogP contribution in [0, 0.1) is 28.6 Å². The molecule has 0 radical (unpaired) electrons. The smallest absolute Gasteiger partial charge is 0.303 e. The van der Waals surface area contributed by atoms with Crippen LogP contribution in [0.5, 0.6) is 0 Å². The number of ketones is 1. The highest BCUT2D eigenvalue weighted by atomic mass is 16.4. The lowest BCUT2D eigenvalue weighted by Gasteiger charge is -2.59. The number of carboxylic acids is 1. The molecule has 3 saturated carbocycles. The second kappa shape index (κ2) is 5.92. The summed E-state index contributed by atoms with van der Waals surface area (Å²) >= 11 is 0. The molecule has 0 aliphatic heterocycles. The van der Waals surface area contributed by atoms with E-state index in [0.29, 0.717) is 36.4 Å². The monoisotopic (exact) mass is 360 g/mol. The van der Waals surface area contributed by atoms with Gasteiger partial charge in [-0.05, 0) is 86.0 Å². The lowest BCUT2D eigenvalue weighted by atomic mass is 9.46. The van der Waals surface area contributed by atoms with Gasteiger partial charge < -0.3 is 10.2 Å². The van der Waals surface area contributed by atoms with E-state index >= 15 is 0 Å². The van der Waals surface area contributed by atoms with Gasteiger partial charge in [-0.3, -0.25) is 9.59 Å². The standard InChI is InChI=1S/C22H32O4/c1-20-9-5-15(23)13-14(20)3-4-16-17(20)6-10-21(2)18(16)7-11-22(21,26)12-8-19(24)25/h13,16-18,26H,3-12H2,1-2H3,(H,24,25)/t16?,17?,18?,20-,21-,22+/m0/s1. The number of carbonyl (C=O) groups is 2. The minimum absolute atomic E-state index is 0.0552. The number of fused-ring (bicyclic) bond motifs is 5. The predicted octanol–water partition coefficient (Wildman–Crippen LogP) is 4.11. The molecule has 4 aliphatic rings. The third kappa shape index (κ3) is 2.44. The summed E-state index contributed by atoms with van der Waals surface area (Å²) in [7, 11) is 0. The first-order valence-corrected chi connectivity index (χ1v) is 10.4. The molecule has 3 fully saturated rings. The SMILES string of the molecule is C[C@]12CCC(=O)C=C1CCC1C2CC[C@@]2(C)C1CC[C@@]2(O)CCC(=O)O. The van der Waals surface area contributed by atoms with Crippen LogP contribution in [-0.4, -0.2) is 27.6 Å². The van der Waals surface area contributed by atoms with Crippen molar-refractivity contribution in [2.45, 2.75) is 83.7 Å². The number of aliphatic hydroxyl groups is 1. The van der Waals surface area contributed by atoms with Gasteiger partial charge in [0.1, 0.15) is 0 Å². The summed E-state index contributed by atoms with van der Waals surface area (Å²) in [4.78, 5) is 23.0. The van der Waals surface area contributed by atoms with E-state index < -0.39 is 11.6 Å². The zero-order valence-corrected chi connectivity index (χ0v) is 16.1. The molecule has 4 nitrogen and oxygen atoms in total. The molecule has 0 aromatic carbocycles. The first kappa shape index (κ1) is 18.2. The van der Waals surface area contributed by atoms with Crippen molar-refractivity contribution in [3.63, 3.8) is 0 Å². The molecule has 144 valence electrons. The van der Waals surface area contributed by atoms with Gasteiger partial charge in [0.25, 0.3) is 0 Å². The molecule has 0 aromatic rings. The van der Waals surface area contributed by atoms with E-state index in [-0.39, 0.29) is 17.3 Å². The van der Waals surface area contributed by atoms with E-state index in [4.69, 9.17) is 5.11 Å². The molecular formula is C22H32O4. The Hall–Kier alpha value is -1.16. The third-order valence-corrected chi connectivity index (χ3v) is 9.04. The van der Waals surface area contributed by atoms with Crippen molar-refractivity contribution in [1.29, 1.82) is 0 Å². The maximum atomic E-state index is 11.9. The number of hydrogen-bond acceptors (Lipinski definition) is 3. The fraction of sp³-hybridized carbons (Fsp3) is 0.818. The van der Waals surface area contributed by atoms with E-state index in [1.54, 1.807) is 0 Å². The average Bonchev–Trinajstić information content (AvgIpc) is 2.86. The summed E-state index contributed by atoms with van der Waals surface area (Å²) in [5, 5.41) is 20.5. The van der Waals surface area contributed by atoms with Gasteiger partial charge in [0.05, 0.1) is 5.60 Å². The largest absolute Gasteiger partial charge is 0.481 e. The lowest BCUT2D eigenvalue weighted by Crippen LogP contribution is -2.54. The molecule has 0 saturated heterocycles. The maximum Gasteiger partial charge on any atom is 0.303 e. The number of hydrogen-bond donors (Lipinski definition) is 2. The molecule has 26 heavy (non-hydrogen) atoms. The molecule has 0 heterocycles. The highest BCUT2D eigenvalue weighted by molar-refractivity contribution is 5.91. The lowest BCUT2D eigenvalue weighted by molar-refractivity contribution is -0.147. The highest BCUT2D eigenvalue weighted by Crippen LogP contribution is 2.68. The second-order valence-electron chi connectivity index (χ2n) is 9.89. The number of carboxylic acid groups (broad SMARTS) is 1. The van der Waals surface area contributed by atoms with Crippen LogP contribution in [-0.2, 0) is 9.59 Å². The van der Waals surface area contributed by atoms with Crippen molar-refractivity contribution in [2.24, 2.45) is 28.6 Å². The second-order valence-corrected chi connectivity index (χ2v) is 9.89. The van der Waals surface area contributed by atoms with Crippen molar-refractivity contribution in [1.82, 2.24) is 0 Å². The Morgan fingerprint density at radius 2 is 1.85 bits per heavy atom. The third-order valence-electron chi connectivity index (χ3n) is 9.04. The zero-order chi connectivity index (χ0) is 18.7. The Balaban J connectivity index is 1.61. The Bertz CT molecular complexity index is 667. The Morgan fingerprint density at radius 1 is 1.12 bits per heavy atom. The van der Waals surface area contributed by atoms with E-state index in [1.807, 2.05) is 6.08 Å². The van der Waals surface area contributed by atoms with Crippen molar-refractivity contribution >= 4 is 11.8 Å². The van der Waals surface area contributed by atoms with Crippen LogP contribution in [0.2, 0.25) is 0 Å². The molecule has 2 N–H and O–H groups in total. The molecule has 0 amide bonds. The van der Waals surface area contributed by atoms with Crippen LogP contribution < -0.4 is 0 Å². The van der Waals surface area contributed by atoms with Crippen LogP contribution in [0.3, 0.4) is 0 Å². The normalized spacial score (nSPS) is 47.6. The van der Waals surface area contributed by atoms with E-state index in [9.17, 15) is 14.7 Å². The first-order valence-electron chi connectivity index (χ1n) is 10.4. The van der Waals surface area contributed by atoms with Gasteiger partial charge in [-0.1, -0.05) is 19.4 Å². The quantitative estimate of drug-likeness (QED) is 0.794. The molecule has 3 unspecified atom stereocenters. The molecule has 0 spiro atoms. The predicted molar refractivity (Wildman–Crippen MR) is 98.5 cm³/mol. The van der Waals surface area contributed by atoms with E-state index in [1.165, 1.54) is 5.57 Å². The molecule has 4 aliphatic carbocycles. The topological polar surface area (TPSA) is 74.6 Å². The van der Waals surface area contributed by atoms with Crippen molar-refractivity contribution in [3.8, 4) is 0 Å². The number of carbonyl (C=O) groups excluding carboxylic acids is 1. The van der Waals surface area contributed by atoms with Crippen molar-refractivity contribution < 1.29 is 19.8 Å². The van der Waals surface area contributed by atoms with Crippen molar-refractivity contribution in [2.75, 3.05) is 0 Å².